The summed E-state index contributed by atoms with van der Waals surface area (Å²) in [6.45, 7) is -0.344. The molecule has 0 saturated carbocycles. The Morgan fingerprint density at radius 1 is 0.975 bits per heavy atom. The lowest BCUT2D eigenvalue weighted by Gasteiger charge is -2.25. The van der Waals surface area contributed by atoms with Crippen molar-refractivity contribution in [3.05, 3.63) is 99.8 Å². The lowest BCUT2D eigenvalue weighted by atomic mass is 9.99. The highest BCUT2D eigenvalue weighted by molar-refractivity contribution is 6.33. The van der Waals surface area contributed by atoms with E-state index in [-0.39, 0.29) is 40.4 Å². The molecule has 5 rings (SSSR count). The summed E-state index contributed by atoms with van der Waals surface area (Å²) in [7, 11) is 3.39. The number of carbonyl (C=O) groups excluding carboxylic acids is 3. The molecule has 12 heteroatoms. The molecule has 40 heavy (non-hydrogen) atoms. The van der Waals surface area contributed by atoms with Crippen molar-refractivity contribution in [1.82, 2.24) is 24.6 Å². The van der Waals surface area contributed by atoms with Crippen molar-refractivity contribution >= 4 is 29.3 Å². The van der Waals surface area contributed by atoms with Crippen LogP contribution in [0.2, 0.25) is 5.15 Å². The molecule has 3 heterocycles. The van der Waals surface area contributed by atoms with Crippen molar-refractivity contribution in [1.29, 1.82) is 0 Å². The van der Waals surface area contributed by atoms with E-state index < -0.39 is 35.5 Å². The maximum absolute atomic E-state index is 13.8. The molecular weight excluding hydrogens is 547 g/mol. The summed E-state index contributed by atoms with van der Waals surface area (Å²) in [5, 5.41) is 6.95. The van der Waals surface area contributed by atoms with Gasteiger partial charge in [0.15, 0.2) is 0 Å². The summed E-state index contributed by atoms with van der Waals surface area (Å²) in [6.07, 6.45) is -3.35. The number of nitrogens with one attached hydrogen (secondary N) is 1. The van der Waals surface area contributed by atoms with Crippen LogP contribution < -0.4 is 5.32 Å². The van der Waals surface area contributed by atoms with Gasteiger partial charge < -0.3 is 9.88 Å². The van der Waals surface area contributed by atoms with Gasteiger partial charge in [-0.05, 0) is 42.3 Å². The van der Waals surface area contributed by atoms with Crippen molar-refractivity contribution in [3.8, 4) is 11.4 Å². The number of imide groups is 1. The summed E-state index contributed by atoms with van der Waals surface area (Å²) in [6, 6.07) is 13.5. The molecule has 0 aliphatic carbocycles. The Morgan fingerprint density at radius 2 is 1.60 bits per heavy atom. The van der Waals surface area contributed by atoms with Crippen LogP contribution in [0.25, 0.3) is 11.4 Å². The Morgan fingerprint density at radius 3 is 2.20 bits per heavy atom. The van der Waals surface area contributed by atoms with Crippen LogP contribution in [-0.2, 0) is 26.7 Å². The topological polar surface area (TPSA) is 89.2 Å². The predicted molar refractivity (Wildman–Crippen MR) is 141 cm³/mol. The number of benzene rings is 2. The second-order valence-corrected chi connectivity index (χ2v) is 9.79. The minimum absolute atomic E-state index is 0.0804. The van der Waals surface area contributed by atoms with Crippen LogP contribution in [0.3, 0.4) is 0 Å². The van der Waals surface area contributed by atoms with E-state index in [0.29, 0.717) is 11.4 Å². The van der Waals surface area contributed by atoms with E-state index in [2.05, 4.69) is 10.4 Å². The maximum Gasteiger partial charge on any atom is 0.416 e. The van der Waals surface area contributed by atoms with E-state index >= 15 is 0 Å². The third kappa shape index (κ3) is 4.88. The van der Waals surface area contributed by atoms with Crippen molar-refractivity contribution in [2.75, 3.05) is 6.54 Å². The summed E-state index contributed by atoms with van der Waals surface area (Å²) in [5.41, 5.74) is 0.788. The Hall–Kier alpha value is -4.38. The number of aromatic nitrogens is 3. The molecule has 4 aromatic rings. The minimum atomic E-state index is -4.64. The maximum atomic E-state index is 13.8. The van der Waals surface area contributed by atoms with E-state index in [1.165, 1.54) is 30.3 Å². The SMILES string of the molecule is Cn1nccc1-c1cc(C(=O)NC(Cc2ccccc2C(F)(F)F)CN2C(=O)c3ccccc3C2=O)c(Cl)n1C. The number of alkyl halides is 3. The lowest BCUT2D eigenvalue weighted by molar-refractivity contribution is -0.138. The zero-order valence-corrected chi connectivity index (χ0v) is 22.1. The van der Waals surface area contributed by atoms with Gasteiger partial charge in [0.1, 0.15) is 5.15 Å². The van der Waals surface area contributed by atoms with Gasteiger partial charge in [-0.25, -0.2) is 0 Å². The number of amides is 3. The monoisotopic (exact) mass is 569 g/mol. The number of rotatable bonds is 7. The van der Waals surface area contributed by atoms with Crippen LogP contribution in [0.15, 0.2) is 66.9 Å². The smallest absolute Gasteiger partial charge is 0.347 e. The molecule has 0 spiro atoms. The fourth-order valence-corrected chi connectivity index (χ4v) is 5.13. The number of hydrogen-bond donors (Lipinski definition) is 1. The van der Waals surface area contributed by atoms with Crippen molar-refractivity contribution in [3.63, 3.8) is 0 Å². The molecule has 0 bridgehead atoms. The lowest BCUT2D eigenvalue weighted by Crippen LogP contribution is -2.47. The molecule has 2 aromatic heterocycles. The fraction of sp³-hybridized carbons (Fsp3) is 0.214. The molecule has 2 aromatic carbocycles. The van der Waals surface area contributed by atoms with Crippen LogP contribution in [0, 0.1) is 0 Å². The number of nitrogens with zero attached hydrogens (tertiary/aromatic N) is 4. The van der Waals surface area contributed by atoms with Gasteiger partial charge in [0.05, 0.1) is 39.7 Å². The van der Waals surface area contributed by atoms with Crippen molar-refractivity contribution in [2.24, 2.45) is 14.1 Å². The van der Waals surface area contributed by atoms with E-state index in [1.54, 1.807) is 53.8 Å². The first-order valence-electron chi connectivity index (χ1n) is 12.2. The van der Waals surface area contributed by atoms with E-state index in [1.807, 2.05) is 0 Å². The summed E-state index contributed by atoms with van der Waals surface area (Å²) >= 11 is 6.49. The molecule has 3 amide bonds. The zero-order chi connectivity index (χ0) is 28.8. The quantitative estimate of drug-likeness (QED) is 0.326. The van der Waals surface area contributed by atoms with Gasteiger partial charge in [-0.3, -0.25) is 24.0 Å². The Balaban J connectivity index is 1.48. The first-order chi connectivity index (χ1) is 19.0. The first-order valence-corrected chi connectivity index (χ1v) is 12.6. The predicted octanol–water partition coefficient (Wildman–Crippen LogP) is 4.74. The summed E-state index contributed by atoms with van der Waals surface area (Å²) < 4.78 is 44.5. The number of hydrogen-bond acceptors (Lipinski definition) is 4. The second kappa shape index (κ2) is 10.3. The number of halogens is 4. The molecule has 1 N–H and O–H groups in total. The van der Waals surface area contributed by atoms with Gasteiger partial charge in [-0.15, -0.1) is 0 Å². The average Bonchev–Trinajstić information content (AvgIpc) is 3.54. The zero-order valence-electron chi connectivity index (χ0n) is 21.4. The number of fused-ring (bicyclic) bond motifs is 1. The van der Waals surface area contributed by atoms with E-state index in [4.69, 9.17) is 11.6 Å². The molecule has 1 atom stereocenters. The van der Waals surface area contributed by atoms with E-state index in [9.17, 15) is 27.6 Å². The van der Waals surface area contributed by atoms with Gasteiger partial charge in [-0.2, -0.15) is 18.3 Å². The van der Waals surface area contributed by atoms with Gasteiger partial charge in [0, 0.05) is 26.8 Å². The van der Waals surface area contributed by atoms with Crippen molar-refractivity contribution < 1.29 is 27.6 Å². The van der Waals surface area contributed by atoms with Gasteiger partial charge in [0.25, 0.3) is 17.7 Å². The Labute approximate surface area is 232 Å². The summed E-state index contributed by atoms with van der Waals surface area (Å²) in [5.74, 6) is -1.83. The molecule has 0 fully saturated rings. The highest BCUT2D eigenvalue weighted by Gasteiger charge is 2.38. The molecule has 8 nitrogen and oxygen atoms in total. The van der Waals surface area contributed by atoms with E-state index in [0.717, 1.165) is 11.0 Å². The van der Waals surface area contributed by atoms with Crippen LogP contribution in [-0.4, -0.2) is 49.6 Å². The van der Waals surface area contributed by atoms with Crippen LogP contribution >= 0.6 is 11.6 Å². The third-order valence-corrected chi connectivity index (χ3v) is 7.35. The van der Waals surface area contributed by atoms with Crippen molar-refractivity contribution in [2.45, 2.75) is 18.6 Å². The van der Waals surface area contributed by atoms with Gasteiger partial charge >= 0.3 is 6.18 Å². The molecule has 1 unspecified atom stereocenters. The largest absolute Gasteiger partial charge is 0.416 e. The van der Waals surface area contributed by atoms with Crippen LogP contribution in [0.5, 0.6) is 0 Å². The highest BCUT2D eigenvalue weighted by Crippen LogP contribution is 2.33. The Bertz CT molecular complexity index is 1610. The standard InChI is InChI=1S/C28H23ClF3N5O3/c1-35-23(22-11-12-33-36(22)2)14-20(24(35)29)25(38)34-17(13-16-7-3-6-10-21(16)28(30,31)32)15-37-26(39)18-8-4-5-9-19(18)27(37)40/h3-12,14,17H,13,15H2,1-2H3,(H,34,38). The molecule has 1 aliphatic heterocycles. The number of carbonyl (C=O) groups is 3. The van der Waals surface area contributed by atoms with Gasteiger partial charge in [0.2, 0.25) is 0 Å². The number of aryl methyl sites for hydroxylation is 1. The molecule has 0 saturated heterocycles. The van der Waals surface area contributed by atoms with Crippen LogP contribution in [0.4, 0.5) is 13.2 Å². The molecular formula is C28H23ClF3N5O3. The first kappa shape index (κ1) is 27.2. The van der Waals surface area contributed by atoms with Gasteiger partial charge in [-0.1, -0.05) is 41.9 Å². The van der Waals surface area contributed by atoms with Crippen LogP contribution in [0.1, 0.15) is 42.2 Å². The summed E-state index contributed by atoms with van der Waals surface area (Å²) in [4.78, 5) is 40.5. The minimum Gasteiger partial charge on any atom is -0.347 e. The second-order valence-electron chi connectivity index (χ2n) is 9.43. The fourth-order valence-electron chi connectivity index (χ4n) is 4.90. The molecule has 206 valence electrons. The molecule has 1 aliphatic rings. The Kier molecular flexibility index (Phi) is 7.01. The highest BCUT2D eigenvalue weighted by atomic mass is 35.5. The average molecular weight is 570 g/mol. The molecule has 0 radical (unpaired) electrons. The normalized spacial score (nSPS) is 14.0. The third-order valence-electron chi connectivity index (χ3n) is 6.89.